The van der Waals surface area contributed by atoms with E-state index in [9.17, 15) is 4.79 Å². The zero-order chi connectivity index (χ0) is 16.7. The van der Waals surface area contributed by atoms with Gasteiger partial charge in [-0.05, 0) is 25.8 Å². The number of rotatable bonds is 2. The molecule has 0 amide bonds. The van der Waals surface area contributed by atoms with Crippen molar-refractivity contribution in [3.63, 3.8) is 0 Å². The van der Waals surface area contributed by atoms with Gasteiger partial charge in [0.25, 0.3) is 0 Å². The number of fused-ring (bicyclic) bond motifs is 3. The van der Waals surface area contributed by atoms with Gasteiger partial charge in [-0.3, -0.25) is 0 Å². The van der Waals surface area contributed by atoms with Crippen molar-refractivity contribution in [1.82, 2.24) is 19.9 Å². The Morgan fingerprint density at radius 1 is 1.46 bits per heavy atom. The SMILES string of the molecule is Cc1nc(N2CCCC(OC(=O)O)C2)c2c(cnc3nccc32)[nH]1. The number of anilines is 1. The molecule has 3 aromatic rings. The summed E-state index contributed by atoms with van der Waals surface area (Å²) in [6, 6.07) is 1.92. The summed E-state index contributed by atoms with van der Waals surface area (Å²) >= 11 is 0. The second-order valence-corrected chi connectivity index (χ2v) is 5.97. The number of carboxylic acid groups (broad SMARTS) is 1. The largest absolute Gasteiger partial charge is 0.506 e. The Labute approximate surface area is 137 Å². The highest BCUT2D eigenvalue weighted by molar-refractivity contribution is 6.09. The van der Waals surface area contributed by atoms with E-state index >= 15 is 0 Å². The molecule has 0 spiro atoms. The Kier molecular flexibility index (Phi) is 3.44. The van der Waals surface area contributed by atoms with Gasteiger partial charge in [-0.25, -0.2) is 19.7 Å². The summed E-state index contributed by atoms with van der Waals surface area (Å²) in [5, 5.41) is 10.8. The fourth-order valence-corrected chi connectivity index (χ4v) is 3.33. The normalized spacial score (nSPS) is 18.2. The molecule has 1 unspecified atom stereocenters. The standard InChI is InChI=1S/C16H17N5O3/c1-9-19-12-7-18-14-11(4-5-17-14)13(12)15(20-9)21-6-2-3-10(8-21)24-16(22)23/h4-5,7,10H,2-3,6,8H2,1H3,(H,19,20)(H,22,23). The summed E-state index contributed by atoms with van der Waals surface area (Å²) in [6.07, 6.45) is 3.50. The number of carbonyl (C=O) groups is 1. The average molecular weight is 327 g/mol. The van der Waals surface area contributed by atoms with Gasteiger partial charge in [0.15, 0.2) is 5.65 Å². The van der Waals surface area contributed by atoms with Crippen LogP contribution in [-0.4, -0.2) is 50.4 Å². The number of hydrogen-bond donors (Lipinski definition) is 2. The fourth-order valence-electron chi connectivity index (χ4n) is 3.33. The summed E-state index contributed by atoms with van der Waals surface area (Å²) in [7, 11) is 0. The number of piperidine rings is 1. The van der Waals surface area contributed by atoms with Crippen LogP contribution in [-0.2, 0) is 4.74 Å². The van der Waals surface area contributed by atoms with Gasteiger partial charge in [0, 0.05) is 18.1 Å². The maximum atomic E-state index is 10.8. The van der Waals surface area contributed by atoms with Crippen molar-refractivity contribution in [2.75, 3.05) is 18.0 Å². The Hall–Kier alpha value is -2.90. The van der Waals surface area contributed by atoms with Crippen molar-refractivity contribution < 1.29 is 14.6 Å². The molecule has 24 heavy (non-hydrogen) atoms. The number of H-pyrrole nitrogens is 1. The van der Waals surface area contributed by atoms with E-state index in [2.05, 4.69) is 24.8 Å². The maximum Gasteiger partial charge on any atom is 0.506 e. The van der Waals surface area contributed by atoms with Gasteiger partial charge in [-0.1, -0.05) is 0 Å². The zero-order valence-corrected chi connectivity index (χ0v) is 13.2. The molecule has 0 bridgehead atoms. The van der Waals surface area contributed by atoms with E-state index in [0.717, 1.165) is 47.3 Å². The lowest BCUT2D eigenvalue weighted by atomic mass is 10.1. The minimum Gasteiger partial charge on any atom is -0.450 e. The first-order valence-electron chi connectivity index (χ1n) is 7.86. The number of aryl methyl sites for hydroxylation is 1. The van der Waals surface area contributed by atoms with Gasteiger partial charge in [0.2, 0.25) is 0 Å². The van der Waals surface area contributed by atoms with Crippen molar-refractivity contribution in [3.8, 4) is 0 Å². The molecule has 3 aromatic heterocycles. The highest BCUT2D eigenvalue weighted by atomic mass is 16.7. The minimum absolute atomic E-state index is 0.340. The minimum atomic E-state index is -1.23. The molecule has 1 saturated heterocycles. The molecular formula is C16H17N5O3. The van der Waals surface area contributed by atoms with Gasteiger partial charge in [0.05, 0.1) is 23.6 Å². The Morgan fingerprint density at radius 2 is 2.33 bits per heavy atom. The molecule has 0 radical (unpaired) electrons. The van der Waals surface area contributed by atoms with Crippen LogP contribution in [0.2, 0.25) is 0 Å². The molecule has 4 heterocycles. The van der Waals surface area contributed by atoms with Gasteiger partial charge < -0.3 is 19.7 Å². The van der Waals surface area contributed by atoms with Crippen LogP contribution >= 0.6 is 0 Å². The molecule has 8 nitrogen and oxygen atoms in total. The summed E-state index contributed by atoms with van der Waals surface area (Å²) < 4.78 is 4.97. The van der Waals surface area contributed by atoms with E-state index in [1.807, 2.05) is 13.0 Å². The third kappa shape index (κ3) is 2.49. The van der Waals surface area contributed by atoms with Crippen LogP contribution in [0.15, 0.2) is 18.5 Å². The average Bonchev–Trinajstić information content (AvgIpc) is 3.02. The number of aromatic nitrogens is 4. The summed E-state index contributed by atoms with van der Waals surface area (Å²) in [5.41, 5.74) is 1.57. The first-order valence-corrected chi connectivity index (χ1v) is 7.86. The Morgan fingerprint density at radius 3 is 3.17 bits per heavy atom. The summed E-state index contributed by atoms with van der Waals surface area (Å²) in [4.78, 5) is 29.5. The summed E-state index contributed by atoms with van der Waals surface area (Å²) in [5.74, 6) is 1.60. The molecule has 1 aliphatic rings. The van der Waals surface area contributed by atoms with Crippen molar-refractivity contribution >= 4 is 33.9 Å². The van der Waals surface area contributed by atoms with Crippen LogP contribution in [0.1, 0.15) is 18.7 Å². The molecule has 1 aliphatic heterocycles. The van der Waals surface area contributed by atoms with E-state index < -0.39 is 6.16 Å². The number of pyridine rings is 1. The first-order chi connectivity index (χ1) is 11.6. The van der Waals surface area contributed by atoms with Crippen LogP contribution in [0, 0.1) is 6.92 Å². The van der Waals surface area contributed by atoms with Crippen molar-refractivity contribution in [2.24, 2.45) is 0 Å². The molecule has 0 aromatic carbocycles. The zero-order valence-electron chi connectivity index (χ0n) is 13.2. The Balaban J connectivity index is 1.83. The first kappa shape index (κ1) is 14.7. The molecular weight excluding hydrogens is 310 g/mol. The highest BCUT2D eigenvalue weighted by Crippen LogP contribution is 2.31. The molecule has 1 atom stereocenters. The van der Waals surface area contributed by atoms with E-state index in [0.29, 0.717) is 12.2 Å². The lowest BCUT2D eigenvalue weighted by Gasteiger charge is -2.33. The lowest BCUT2D eigenvalue weighted by Crippen LogP contribution is -2.41. The van der Waals surface area contributed by atoms with E-state index in [4.69, 9.17) is 9.84 Å². The van der Waals surface area contributed by atoms with Gasteiger partial charge in [-0.15, -0.1) is 0 Å². The van der Waals surface area contributed by atoms with Crippen molar-refractivity contribution in [1.29, 1.82) is 0 Å². The van der Waals surface area contributed by atoms with Crippen LogP contribution in [0.3, 0.4) is 0 Å². The second-order valence-electron chi connectivity index (χ2n) is 5.97. The molecule has 2 N–H and O–H groups in total. The third-order valence-corrected chi connectivity index (χ3v) is 4.29. The van der Waals surface area contributed by atoms with Crippen LogP contribution in [0.5, 0.6) is 0 Å². The quantitative estimate of drug-likeness (QED) is 0.697. The molecule has 1 fully saturated rings. The number of hydrogen-bond acceptors (Lipinski definition) is 6. The number of nitrogens with zero attached hydrogens (tertiary/aromatic N) is 4. The predicted octanol–water partition coefficient (Wildman–Crippen LogP) is 2.48. The van der Waals surface area contributed by atoms with Crippen LogP contribution < -0.4 is 4.90 Å². The second kappa shape index (κ2) is 5.63. The third-order valence-electron chi connectivity index (χ3n) is 4.29. The smallest absolute Gasteiger partial charge is 0.450 e. The molecule has 0 saturated carbocycles. The molecule has 8 heteroatoms. The van der Waals surface area contributed by atoms with E-state index in [-0.39, 0.29) is 6.10 Å². The van der Waals surface area contributed by atoms with Gasteiger partial charge in [-0.2, -0.15) is 0 Å². The maximum absolute atomic E-state index is 10.8. The topological polar surface area (TPSA) is 104 Å². The van der Waals surface area contributed by atoms with E-state index in [1.54, 1.807) is 12.4 Å². The molecule has 124 valence electrons. The monoisotopic (exact) mass is 327 g/mol. The van der Waals surface area contributed by atoms with Gasteiger partial charge >= 0.3 is 6.16 Å². The van der Waals surface area contributed by atoms with Crippen molar-refractivity contribution in [2.45, 2.75) is 25.9 Å². The Bertz CT molecular complexity index is 923. The number of ether oxygens (including phenoxy) is 1. The summed E-state index contributed by atoms with van der Waals surface area (Å²) in [6.45, 7) is 3.20. The van der Waals surface area contributed by atoms with E-state index in [1.165, 1.54) is 0 Å². The highest BCUT2D eigenvalue weighted by Gasteiger charge is 2.26. The van der Waals surface area contributed by atoms with Crippen LogP contribution in [0.4, 0.5) is 10.6 Å². The lowest BCUT2D eigenvalue weighted by molar-refractivity contribution is 0.0457. The number of nitrogens with one attached hydrogen (secondary N) is 1. The molecule has 0 aliphatic carbocycles. The number of aromatic amines is 1. The fraction of sp³-hybridized carbons (Fsp3) is 0.375. The van der Waals surface area contributed by atoms with Gasteiger partial charge in [0.1, 0.15) is 17.7 Å². The van der Waals surface area contributed by atoms with Crippen molar-refractivity contribution in [3.05, 3.63) is 24.3 Å². The van der Waals surface area contributed by atoms with Crippen LogP contribution in [0.25, 0.3) is 21.9 Å². The molecule has 4 rings (SSSR count). The predicted molar refractivity (Wildman–Crippen MR) is 88.3 cm³/mol.